The highest BCUT2D eigenvalue weighted by Gasteiger charge is 2.17. The highest BCUT2D eigenvalue weighted by Crippen LogP contribution is 2.31. The second-order valence-electron chi connectivity index (χ2n) is 4.01. The topological polar surface area (TPSA) is 34.1 Å². The zero-order valence-electron chi connectivity index (χ0n) is 9.29. The van der Waals surface area contributed by atoms with Crippen molar-refractivity contribution in [1.82, 2.24) is 10.3 Å². The molecule has 1 aromatic heterocycles. The molecule has 0 saturated carbocycles. The number of fused-ring (bicyclic) bond motifs is 2. The number of benzene rings is 1. The largest absolute Gasteiger partial charge is 0.496 e. The van der Waals surface area contributed by atoms with Crippen LogP contribution in [0.3, 0.4) is 0 Å². The maximum atomic E-state index is 5.56. The van der Waals surface area contributed by atoms with Crippen LogP contribution >= 0.6 is 0 Å². The van der Waals surface area contributed by atoms with Crippen molar-refractivity contribution in [3.63, 3.8) is 0 Å². The number of pyridine rings is 1. The van der Waals surface area contributed by atoms with Crippen LogP contribution in [-0.2, 0) is 13.0 Å². The number of methoxy groups -OCH3 is 1. The summed E-state index contributed by atoms with van der Waals surface area (Å²) < 4.78 is 5.56. The van der Waals surface area contributed by atoms with Crippen molar-refractivity contribution in [3.05, 3.63) is 35.5 Å². The summed E-state index contributed by atoms with van der Waals surface area (Å²) in [6, 6.07) is 8.15. The maximum Gasteiger partial charge on any atom is 0.133 e. The smallest absolute Gasteiger partial charge is 0.133 e. The first-order valence-corrected chi connectivity index (χ1v) is 5.55. The fraction of sp³-hybridized carbons (Fsp3) is 0.308. The molecule has 0 unspecified atom stereocenters. The van der Waals surface area contributed by atoms with Crippen LogP contribution in [0.1, 0.15) is 11.3 Å². The molecule has 82 valence electrons. The van der Waals surface area contributed by atoms with E-state index in [9.17, 15) is 0 Å². The van der Waals surface area contributed by atoms with Gasteiger partial charge >= 0.3 is 0 Å². The molecular formula is C13H14N2O. The number of nitrogens with one attached hydrogen (secondary N) is 1. The van der Waals surface area contributed by atoms with Gasteiger partial charge in [-0.3, -0.25) is 4.98 Å². The third-order valence-corrected chi connectivity index (χ3v) is 3.07. The lowest BCUT2D eigenvalue weighted by molar-refractivity contribution is 0.410. The van der Waals surface area contributed by atoms with Crippen LogP contribution in [0.4, 0.5) is 0 Å². The molecule has 3 heteroatoms. The molecule has 0 bridgehead atoms. The number of hydrogen-bond acceptors (Lipinski definition) is 3. The van der Waals surface area contributed by atoms with Crippen LogP contribution in [0, 0.1) is 0 Å². The molecule has 2 heterocycles. The Bertz CT molecular complexity index is 537. The lowest BCUT2D eigenvalue weighted by Crippen LogP contribution is -2.25. The lowest BCUT2D eigenvalue weighted by atomic mass is 10.0. The van der Waals surface area contributed by atoms with Gasteiger partial charge in [-0.15, -0.1) is 0 Å². The predicted molar refractivity (Wildman–Crippen MR) is 63.7 cm³/mol. The summed E-state index contributed by atoms with van der Waals surface area (Å²) in [5, 5.41) is 4.46. The number of rotatable bonds is 1. The summed E-state index contributed by atoms with van der Waals surface area (Å²) in [7, 11) is 1.74. The molecule has 16 heavy (non-hydrogen) atoms. The van der Waals surface area contributed by atoms with E-state index in [4.69, 9.17) is 4.74 Å². The number of aromatic nitrogens is 1. The minimum atomic E-state index is 0.844. The lowest BCUT2D eigenvalue weighted by Gasteiger charge is -2.20. The van der Waals surface area contributed by atoms with Crippen molar-refractivity contribution in [2.45, 2.75) is 13.0 Å². The number of ether oxygens (including phenoxy) is 1. The van der Waals surface area contributed by atoms with E-state index in [0.717, 1.165) is 41.9 Å². The van der Waals surface area contributed by atoms with E-state index in [2.05, 4.69) is 16.4 Å². The highest BCUT2D eigenvalue weighted by molar-refractivity contribution is 5.86. The maximum absolute atomic E-state index is 5.56. The van der Waals surface area contributed by atoms with E-state index in [-0.39, 0.29) is 0 Å². The quantitative estimate of drug-likeness (QED) is 0.787. The molecule has 1 aromatic carbocycles. The number of hydrogen-bond donors (Lipinski definition) is 1. The summed E-state index contributed by atoms with van der Waals surface area (Å²) in [5.74, 6) is 1.00. The molecule has 3 nitrogen and oxygen atoms in total. The van der Waals surface area contributed by atoms with Gasteiger partial charge in [0.15, 0.2) is 0 Å². The zero-order chi connectivity index (χ0) is 11.0. The van der Waals surface area contributed by atoms with Gasteiger partial charge in [-0.2, -0.15) is 0 Å². The van der Waals surface area contributed by atoms with Crippen LogP contribution in [0.5, 0.6) is 5.75 Å². The van der Waals surface area contributed by atoms with E-state index < -0.39 is 0 Å². The van der Waals surface area contributed by atoms with E-state index in [1.54, 1.807) is 7.11 Å². The Balaban J connectivity index is 2.35. The molecule has 0 aliphatic carbocycles. The zero-order valence-corrected chi connectivity index (χ0v) is 9.29. The standard InChI is InChI=1S/C13H14N2O/c1-16-13-9-4-2-3-5-11(9)15-12-8-14-7-6-10(12)13/h2-5,14H,6-8H2,1H3. The number of para-hydroxylation sites is 1. The second kappa shape index (κ2) is 3.76. The first kappa shape index (κ1) is 9.60. The van der Waals surface area contributed by atoms with Crippen LogP contribution in [0.2, 0.25) is 0 Å². The molecule has 1 N–H and O–H groups in total. The average molecular weight is 214 g/mol. The summed E-state index contributed by atoms with van der Waals surface area (Å²) >= 11 is 0. The fourth-order valence-electron chi connectivity index (χ4n) is 2.33. The minimum Gasteiger partial charge on any atom is -0.496 e. The van der Waals surface area contributed by atoms with Crippen LogP contribution in [0.25, 0.3) is 10.9 Å². The Morgan fingerprint density at radius 2 is 2.19 bits per heavy atom. The molecule has 1 aliphatic rings. The van der Waals surface area contributed by atoms with Gasteiger partial charge in [0, 0.05) is 17.5 Å². The first-order chi connectivity index (χ1) is 7.90. The Morgan fingerprint density at radius 3 is 3.06 bits per heavy atom. The van der Waals surface area contributed by atoms with Crippen molar-refractivity contribution in [2.24, 2.45) is 0 Å². The molecule has 0 spiro atoms. The van der Waals surface area contributed by atoms with Crippen LogP contribution in [0.15, 0.2) is 24.3 Å². The van der Waals surface area contributed by atoms with E-state index in [1.165, 1.54) is 5.56 Å². The molecule has 0 atom stereocenters. The summed E-state index contributed by atoms with van der Waals surface area (Å²) in [5.41, 5.74) is 3.41. The molecule has 3 rings (SSSR count). The van der Waals surface area contributed by atoms with Gasteiger partial charge < -0.3 is 10.1 Å². The second-order valence-corrected chi connectivity index (χ2v) is 4.01. The highest BCUT2D eigenvalue weighted by atomic mass is 16.5. The Kier molecular flexibility index (Phi) is 2.26. The third kappa shape index (κ3) is 1.36. The van der Waals surface area contributed by atoms with E-state index in [0.29, 0.717) is 0 Å². The van der Waals surface area contributed by atoms with Crippen molar-refractivity contribution in [1.29, 1.82) is 0 Å². The molecule has 0 radical (unpaired) electrons. The van der Waals surface area contributed by atoms with Crippen molar-refractivity contribution in [3.8, 4) is 5.75 Å². The van der Waals surface area contributed by atoms with Gasteiger partial charge in [-0.1, -0.05) is 12.1 Å². The van der Waals surface area contributed by atoms with Crippen LogP contribution in [-0.4, -0.2) is 18.6 Å². The van der Waals surface area contributed by atoms with Gasteiger partial charge in [0.2, 0.25) is 0 Å². The monoisotopic (exact) mass is 214 g/mol. The first-order valence-electron chi connectivity index (χ1n) is 5.55. The molecular weight excluding hydrogens is 200 g/mol. The van der Waals surface area contributed by atoms with Crippen molar-refractivity contribution in [2.75, 3.05) is 13.7 Å². The van der Waals surface area contributed by atoms with E-state index in [1.807, 2.05) is 18.2 Å². The Labute approximate surface area is 94.5 Å². The molecule has 1 aliphatic heterocycles. The van der Waals surface area contributed by atoms with E-state index >= 15 is 0 Å². The van der Waals surface area contributed by atoms with Crippen molar-refractivity contribution < 1.29 is 4.74 Å². The van der Waals surface area contributed by atoms with Gasteiger partial charge in [0.1, 0.15) is 5.75 Å². The number of nitrogens with zero attached hydrogens (tertiary/aromatic N) is 1. The Hall–Kier alpha value is -1.61. The summed E-state index contributed by atoms with van der Waals surface area (Å²) in [4.78, 5) is 4.68. The Morgan fingerprint density at radius 1 is 1.31 bits per heavy atom. The normalized spacial score (nSPS) is 14.8. The molecule has 2 aromatic rings. The predicted octanol–water partition coefficient (Wildman–Crippen LogP) is 1.89. The van der Waals surface area contributed by atoms with Gasteiger partial charge in [0.25, 0.3) is 0 Å². The fourth-order valence-corrected chi connectivity index (χ4v) is 2.33. The molecule has 0 saturated heterocycles. The van der Waals surface area contributed by atoms with Gasteiger partial charge in [0.05, 0.1) is 18.3 Å². The van der Waals surface area contributed by atoms with Crippen LogP contribution < -0.4 is 10.1 Å². The van der Waals surface area contributed by atoms with Gasteiger partial charge in [-0.05, 0) is 25.1 Å². The molecule has 0 fully saturated rings. The average Bonchev–Trinajstić information content (AvgIpc) is 2.36. The van der Waals surface area contributed by atoms with Gasteiger partial charge in [-0.25, -0.2) is 0 Å². The summed E-state index contributed by atoms with van der Waals surface area (Å²) in [6.07, 6.45) is 0.996. The van der Waals surface area contributed by atoms with Crippen molar-refractivity contribution >= 4 is 10.9 Å². The summed E-state index contributed by atoms with van der Waals surface area (Å²) in [6.45, 7) is 1.85. The third-order valence-electron chi connectivity index (χ3n) is 3.07. The minimum absolute atomic E-state index is 0.844. The molecule has 0 amide bonds. The SMILES string of the molecule is COc1c2c(nc3ccccc13)CNCC2.